The monoisotopic (exact) mass is 321 g/mol. The van der Waals surface area contributed by atoms with Gasteiger partial charge in [-0.2, -0.15) is 21.4 Å². The Morgan fingerprint density at radius 3 is 2.24 bits per heavy atom. The SMILES string of the molecule is O=C=O.[11CH3]SCCCNC(=O)N[C@@H](CCC(=O)O)C(=O)O. The zero-order chi connectivity index (χ0) is 16.7. The summed E-state index contributed by atoms with van der Waals surface area (Å²) in [6, 6.07) is -1.77. The molecule has 21 heavy (non-hydrogen) atoms. The van der Waals surface area contributed by atoms with Crippen molar-refractivity contribution in [1.29, 1.82) is 0 Å². The maximum absolute atomic E-state index is 11.3. The second-order valence-corrected chi connectivity index (χ2v) is 4.64. The lowest BCUT2D eigenvalue weighted by atomic mass is 10.1. The normalized spacial score (nSPS) is 10.3. The van der Waals surface area contributed by atoms with Crippen LogP contribution in [0.2, 0.25) is 0 Å². The van der Waals surface area contributed by atoms with Crippen molar-refractivity contribution in [3.8, 4) is 0 Å². The molecule has 0 heterocycles. The number of urea groups is 1. The summed E-state index contributed by atoms with van der Waals surface area (Å²) in [6.45, 7) is 0.456. The fourth-order valence-corrected chi connectivity index (χ4v) is 1.59. The molecule has 0 unspecified atom stereocenters. The molecular weight excluding hydrogens is 303 g/mol. The summed E-state index contributed by atoms with van der Waals surface area (Å²) < 4.78 is 0. The Kier molecular flexibility index (Phi) is 14.5. The second kappa shape index (κ2) is 14.4. The number of nitrogens with one attached hydrogen (secondary N) is 2. The van der Waals surface area contributed by atoms with E-state index in [9.17, 15) is 14.4 Å². The Morgan fingerprint density at radius 1 is 1.24 bits per heavy atom. The predicted molar refractivity (Wildman–Crippen MR) is 72.8 cm³/mol. The third-order valence-electron chi connectivity index (χ3n) is 2.06. The molecule has 0 aliphatic rings. The number of amides is 2. The van der Waals surface area contributed by atoms with E-state index < -0.39 is 24.0 Å². The van der Waals surface area contributed by atoms with Crippen molar-refractivity contribution in [3.63, 3.8) is 0 Å². The van der Waals surface area contributed by atoms with Gasteiger partial charge in [-0.3, -0.25) is 4.79 Å². The molecule has 120 valence electrons. The van der Waals surface area contributed by atoms with Crippen molar-refractivity contribution in [2.45, 2.75) is 25.3 Å². The topological polar surface area (TPSA) is 150 Å². The molecule has 1 atom stereocenters. The summed E-state index contributed by atoms with van der Waals surface area (Å²) in [6.07, 6.45) is 2.56. The van der Waals surface area contributed by atoms with Crippen LogP contribution in [-0.2, 0) is 19.2 Å². The van der Waals surface area contributed by atoms with Gasteiger partial charge in [0.15, 0.2) is 0 Å². The van der Waals surface area contributed by atoms with Crippen molar-refractivity contribution in [1.82, 2.24) is 10.6 Å². The van der Waals surface area contributed by atoms with Gasteiger partial charge in [0.1, 0.15) is 6.04 Å². The molecule has 0 aromatic rings. The molecule has 0 fully saturated rings. The first kappa shape index (κ1) is 21.2. The molecule has 0 aromatic carbocycles. The first-order valence-corrected chi connectivity index (χ1v) is 7.25. The summed E-state index contributed by atoms with van der Waals surface area (Å²) in [7, 11) is 0. The molecule has 0 radical (unpaired) electrons. The lowest BCUT2D eigenvalue weighted by molar-refractivity contribution is -0.191. The third kappa shape index (κ3) is 15.9. The molecule has 0 aliphatic carbocycles. The van der Waals surface area contributed by atoms with Gasteiger partial charge in [-0.15, -0.1) is 0 Å². The third-order valence-corrected chi connectivity index (χ3v) is 2.76. The molecule has 10 heteroatoms. The minimum Gasteiger partial charge on any atom is -0.481 e. The quantitative estimate of drug-likeness (QED) is 0.425. The smallest absolute Gasteiger partial charge is 0.373 e. The fourth-order valence-electron chi connectivity index (χ4n) is 1.15. The van der Waals surface area contributed by atoms with Gasteiger partial charge in [0.25, 0.3) is 0 Å². The molecule has 0 aliphatic heterocycles. The minimum atomic E-state index is -1.24. The van der Waals surface area contributed by atoms with E-state index in [1.165, 1.54) is 0 Å². The van der Waals surface area contributed by atoms with E-state index in [2.05, 4.69) is 10.6 Å². The van der Waals surface area contributed by atoms with Crippen LogP contribution in [-0.4, -0.2) is 58.9 Å². The number of hydrogen-bond acceptors (Lipinski definition) is 6. The Balaban J connectivity index is 0. The number of aliphatic carboxylic acids is 2. The highest BCUT2D eigenvalue weighted by Gasteiger charge is 2.20. The molecule has 0 aromatic heterocycles. The Hall–Kier alpha value is -2.06. The van der Waals surface area contributed by atoms with Gasteiger partial charge in [-0.1, -0.05) is 0 Å². The van der Waals surface area contributed by atoms with E-state index in [1.54, 1.807) is 11.8 Å². The molecular formula is C11H18N2O7S. The molecule has 9 nitrogen and oxygen atoms in total. The van der Waals surface area contributed by atoms with Gasteiger partial charge >= 0.3 is 24.1 Å². The fraction of sp³-hybridized carbons (Fsp3) is 0.636. The largest absolute Gasteiger partial charge is 0.481 e. The van der Waals surface area contributed by atoms with E-state index in [4.69, 9.17) is 19.8 Å². The maximum Gasteiger partial charge on any atom is 0.373 e. The highest BCUT2D eigenvalue weighted by Crippen LogP contribution is 1.98. The summed E-state index contributed by atoms with van der Waals surface area (Å²) >= 11 is 1.65. The number of thioether (sulfide) groups is 1. The van der Waals surface area contributed by atoms with Gasteiger partial charge in [-0.25, -0.2) is 9.59 Å². The van der Waals surface area contributed by atoms with Crippen LogP contribution in [0.1, 0.15) is 19.3 Å². The van der Waals surface area contributed by atoms with Crippen LogP contribution in [0.5, 0.6) is 0 Å². The van der Waals surface area contributed by atoms with Crippen molar-refractivity contribution >= 4 is 35.9 Å². The second-order valence-electron chi connectivity index (χ2n) is 3.65. The van der Waals surface area contributed by atoms with E-state index in [1.807, 2.05) is 6.26 Å². The Bertz CT molecular complexity index is 370. The van der Waals surface area contributed by atoms with Gasteiger partial charge in [0.05, 0.1) is 0 Å². The van der Waals surface area contributed by atoms with Crippen LogP contribution >= 0.6 is 11.8 Å². The highest BCUT2D eigenvalue weighted by atomic mass is 32.2. The predicted octanol–water partition coefficient (Wildman–Crippen LogP) is -0.227. The first-order chi connectivity index (χ1) is 9.88. The molecule has 0 rings (SSSR count). The van der Waals surface area contributed by atoms with Gasteiger partial charge in [0.2, 0.25) is 0 Å². The zero-order valence-electron chi connectivity index (χ0n) is 11.5. The van der Waals surface area contributed by atoms with Crippen LogP contribution in [0.15, 0.2) is 0 Å². The standard InChI is InChI=1S/C10H18N2O5S.CO2/c1-18-6-2-5-11-10(17)12-7(9(15)16)3-4-8(13)14;2-1-3/h7H,2-6H2,1H3,(H,13,14)(H,15,16)(H2,11,12,17);/t7-;/m0./s1/i1-1;. The van der Waals surface area contributed by atoms with E-state index in [0.29, 0.717) is 6.54 Å². The van der Waals surface area contributed by atoms with E-state index in [-0.39, 0.29) is 19.0 Å². The van der Waals surface area contributed by atoms with Crippen LogP contribution in [0.4, 0.5) is 4.79 Å². The van der Waals surface area contributed by atoms with Crippen LogP contribution in [0.25, 0.3) is 0 Å². The molecule has 4 N–H and O–H groups in total. The van der Waals surface area contributed by atoms with Crippen LogP contribution in [0, 0.1) is 0 Å². The molecule has 2 amide bonds. The Morgan fingerprint density at radius 2 is 1.81 bits per heavy atom. The van der Waals surface area contributed by atoms with Crippen LogP contribution < -0.4 is 10.6 Å². The van der Waals surface area contributed by atoms with Crippen molar-refractivity contribution < 1.29 is 34.2 Å². The summed E-state index contributed by atoms with van der Waals surface area (Å²) in [5.74, 6) is -1.43. The summed E-state index contributed by atoms with van der Waals surface area (Å²) in [5, 5.41) is 22.0. The van der Waals surface area contributed by atoms with Crippen molar-refractivity contribution in [2.24, 2.45) is 0 Å². The van der Waals surface area contributed by atoms with Crippen molar-refractivity contribution in [3.05, 3.63) is 0 Å². The molecule has 0 bridgehead atoms. The average molecular weight is 321 g/mol. The summed E-state index contributed by atoms with van der Waals surface area (Å²) in [5.41, 5.74) is 0. The molecule has 0 saturated heterocycles. The molecule has 0 spiro atoms. The molecule has 0 saturated carbocycles. The van der Waals surface area contributed by atoms with Gasteiger partial charge in [-0.05, 0) is 24.9 Å². The zero-order valence-corrected chi connectivity index (χ0v) is 12.3. The van der Waals surface area contributed by atoms with Gasteiger partial charge < -0.3 is 20.8 Å². The number of hydrogen-bond donors (Lipinski definition) is 4. The average Bonchev–Trinajstić information content (AvgIpc) is 2.40. The highest BCUT2D eigenvalue weighted by molar-refractivity contribution is 7.98. The number of carboxylic acids is 2. The van der Waals surface area contributed by atoms with Crippen molar-refractivity contribution in [2.75, 3.05) is 18.6 Å². The maximum atomic E-state index is 11.3. The Labute approximate surface area is 125 Å². The van der Waals surface area contributed by atoms with E-state index >= 15 is 0 Å². The lowest BCUT2D eigenvalue weighted by Crippen LogP contribution is -2.46. The van der Waals surface area contributed by atoms with Crippen LogP contribution in [0.3, 0.4) is 0 Å². The van der Waals surface area contributed by atoms with E-state index in [0.717, 1.165) is 12.2 Å². The number of carbonyl (C=O) groups is 3. The summed E-state index contributed by atoms with van der Waals surface area (Å²) in [4.78, 5) is 48.7. The number of carbonyl (C=O) groups excluding carboxylic acids is 3. The number of rotatable bonds is 9. The lowest BCUT2D eigenvalue weighted by Gasteiger charge is -2.14. The minimum absolute atomic E-state index is 0.136. The first-order valence-electron chi connectivity index (χ1n) is 5.86. The van der Waals surface area contributed by atoms with Gasteiger partial charge in [0, 0.05) is 13.0 Å². The number of carboxylic acid groups (broad SMARTS) is 2.